The zero-order valence-corrected chi connectivity index (χ0v) is 11.4. The molecule has 96 valence electrons. The van der Waals surface area contributed by atoms with E-state index in [4.69, 9.17) is 16.1 Å². The van der Waals surface area contributed by atoms with Gasteiger partial charge in [0.2, 0.25) is 0 Å². The molecule has 0 bridgehead atoms. The van der Waals surface area contributed by atoms with Crippen molar-refractivity contribution in [2.45, 2.75) is 38.5 Å². The first-order chi connectivity index (χ1) is 8.74. The minimum absolute atomic E-state index is 0.164. The first-order valence-electron chi connectivity index (χ1n) is 6.31. The number of hydrogen-bond donors (Lipinski definition) is 0. The van der Waals surface area contributed by atoms with Gasteiger partial charge in [0.15, 0.2) is 5.82 Å². The van der Waals surface area contributed by atoms with Crippen molar-refractivity contribution in [3.63, 3.8) is 0 Å². The fourth-order valence-corrected chi connectivity index (χ4v) is 2.05. The van der Waals surface area contributed by atoms with Gasteiger partial charge in [-0.05, 0) is 30.5 Å². The number of nitrogens with zero attached hydrogens (tertiary/aromatic N) is 2. The van der Waals surface area contributed by atoms with E-state index < -0.39 is 0 Å². The average Bonchev–Trinajstić information content (AvgIpc) is 2.89. The molecule has 0 saturated carbocycles. The van der Waals surface area contributed by atoms with Gasteiger partial charge >= 0.3 is 0 Å². The summed E-state index contributed by atoms with van der Waals surface area (Å²) in [5.41, 5.74) is 2.23. The highest BCUT2D eigenvalue weighted by Crippen LogP contribution is 2.25. The van der Waals surface area contributed by atoms with E-state index in [-0.39, 0.29) is 5.38 Å². The Morgan fingerprint density at radius 2 is 1.94 bits per heavy atom. The lowest BCUT2D eigenvalue weighted by atomic mass is 10.1. The summed E-state index contributed by atoms with van der Waals surface area (Å²) in [6.07, 6.45) is 2.88. The van der Waals surface area contributed by atoms with E-state index in [1.165, 1.54) is 5.56 Å². The lowest BCUT2D eigenvalue weighted by Gasteiger charge is -2.00. The van der Waals surface area contributed by atoms with Gasteiger partial charge in [-0.15, -0.1) is 11.6 Å². The van der Waals surface area contributed by atoms with Gasteiger partial charge in [-0.3, -0.25) is 0 Å². The normalized spacial score (nSPS) is 12.6. The molecule has 0 amide bonds. The average molecular weight is 265 g/mol. The van der Waals surface area contributed by atoms with Crippen molar-refractivity contribution >= 4 is 11.6 Å². The molecule has 0 fully saturated rings. The Kier molecular flexibility index (Phi) is 4.37. The molecular weight excluding hydrogens is 248 g/mol. The van der Waals surface area contributed by atoms with Gasteiger partial charge < -0.3 is 4.52 Å². The first kappa shape index (κ1) is 13.1. The van der Waals surface area contributed by atoms with Crippen molar-refractivity contribution in [1.82, 2.24) is 10.1 Å². The van der Waals surface area contributed by atoms with Crippen LogP contribution in [0.25, 0.3) is 11.5 Å². The van der Waals surface area contributed by atoms with E-state index in [2.05, 4.69) is 36.1 Å². The number of aryl methyl sites for hydroxylation is 1. The highest BCUT2D eigenvalue weighted by Gasteiger charge is 2.15. The Labute approximate surface area is 112 Å². The van der Waals surface area contributed by atoms with E-state index in [1.807, 2.05) is 12.1 Å². The molecule has 4 heteroatoms. The van der Waals surface area contributed by atoms with Crippen LogP contribution in [0.5, 0.6) is 0 Å². The van der Waals surface area contributed by atoms with E-state index in [1.54, 1.807) is 0 Å². The zero-order valence-electron chi connectivity index (χ0n) is 10.7. The molecule has 1 heterocycles. The molecule has 2 rings (SSSR count). The Hall–Kier alpha value is -1.35. The highest BCUT2D eigenvalue weighted by atomic mass is 35.5. The third kappa shape index (κ3) is 2.91. The van der Waals surface area contributed by atoms with E-state index in [0.717, 1.165) is 24.8 Å². The van der Waals surface area contributed by atoms with Crippen molar-refractivity contribution in [3.05, 3.63) is 35.7 Å². The van der Waals surface area contributed by atoms with E-state index >= 15 is 0 Å². The van der Waals surface area contributed by atoms with Crippen LogP contribution in [-0.4, -0.2) is 10.1 Å². The maximum atomic E-state index is 6.17. The van der Waals surface area contributed by atoms with Crippen LogP contribution in [0.4, 0.5) is 0 Å². The molecule has 2 aromatic rings. The maximum absolute atomic E-state index is 6.17. The van der Waals surface area contributed by atoms with Crippen LogP contribution in [0.15, 0.2) is 28.8 Å². The molecule has 1 aromatic carbocycles. The summed E-state index contributed by atoms with van der Waals surface area (Å²) < 4.78 is 5.25. The van der Waals surface area contributed by atoms with Gasteiger partial charge in [0.05, 0.1) is 5.38 Å². The number of halogens is 1. The topological polar surface area (TPSA) is 38.9 Å². The van der Waals surface area contributed by atoms with Crippen molar-refractivity contribution in [2.24, 2.45) is 0 Å². The van der Waals surface area contributed by atoms with Crippen LogP contribution in [-0.2, 0) is 6.42 Å². The van der Waals surface area contributed by atoms with Crippen molar-refractivity contribution in [1.29, 1.82) is 0 Å². The Bertz CT molecular complexity index is 493. The highest BCUT2D eigenvalue weighted by molar-refractivity contribution is 6.20. The lowest BCUT2D eigenvalue weighted by molar-refractivity contribution is 0.420. The van der Waals surface area contributed by atoms with E-state index in [0.29, 0.717) is 11.7 Å². The molecule has 0 spiro atoms. The van der Waals surface area contributed by atoms with Gasteiger partial charge in [0, 0.05) is 5.56 Å². The second kappa shape index (κ2) is 6.01. The molecule has 18 heavy (non-hydrogen) atoms. The molecule has 0 aliphatic rings. The van der Waals surface area contributed by atoms with Crippen LogP contribution in [0.1, 0.15) is 43.5 Å². The fourth-order valence-electron chi connectivity index (χ4n) is 1.74. The summed E-state index contributed by atoms with van der Waals surface area (Å²) in [5.74, 6) is 1.11. The quantitative estimate of drug-likeness (QED) is 0.753. The molecule has 0 N–H and O–H groups in total. The van der Waals surface area contributed by atoms with E-state index in [9.17, 15) is 0 Å². The molecule has 0 aliphatic carbocycles. The molecule has 0 radical (unpaired) electrons. The largest absolute Gasteiger partial charge is 0.334 e. The smallest absolute Gasteiger partial charge is 0.257 e. The third-order valence-corrected chi connectivity index (χ3v) is 3.29. The van der Waals surface area contributed by atoms with Crippen molar-refractivity contribution in [3.8, 4) is 11.5 Å². The summed E-state index contributed by atoms with van der Waals surface area (Å²) in [5, 5.41) is 3.77. The Morgan fingerprint density at radius 1 is 1.22 bits per heavy atom. The number of benzene rings is 1. The number of hydrogen-bond acceptors (Lipinski definition) is 3. The van der Waals surface area contributed by atoms with Crippen LogP contribution in [0, 0.1) is 0 Å². The molecule has 1 unspecified atom stereocenters. The second-order valence-electron chi connectivity index (χ2n) is 4.26. The van der Waals surface area contributed by atoms with Crippen LogP contribution in [0.2, 0.25) is 0 Å². The van der Waals surface area contributed by atoms with Crippen molar-refractivity contribution in [2.75, 3.05) is 0 Å². The minimum atomic E-state index is -0.164. The predicted molar refractivity (Wildman–Crippen MR) is 72.6 cm³/mol. The summed E-state index contributed by atoms with van der Waals surface area (Å²) in [6, 6.07) is 8.14. The first-order valence-corrected chi connectivity index (χ1v) is 6.75. The molecule has 0 aliphatic heterocycles. The molecule has 3 nitrogen and oxygen atoms in total. The number of alkyl halides is 1. The molecular formula is C14H17ClN2O. The summed E-state index contributed by atoms with van der Waals surface area (Å²) >= 11 is 6.17. The fraction of sp³-hybridized carbons (Fsp3) is 0.429. The second-order valence-corrected chi connectivity index (χ2v) is 4.79. The Morgan fingerprint density at radius 3 is 2.56 bits per heavy atom. The molecule has 1 atom stereocenters. The standard InChI is InChI=1S/C14H17ClN2O/c1-3-5-12(15)13-16-14(18-17-13)11-8-6-10(4-2)7-9-11/h6-9,12H,3-5H2,1-2H3. The monoisotopic (exact) mass is 264 g/mol. The van der Waals surface area contributed by atoms with Crippen LogP contribution >= 0.6 is 11.6 Å². The summed E-state index contributed by atoms with van der Waals surface area (Å²) in [4.78, 5) is 4.34. The number of aromatic nitrogens is 2. The zero-order chi connectivity index (χ0) is 13.0. The molecule has 1 aromatic heterocycles. The molecule has 0 saturated heterocycles. The SMILES string of the molecule is CCCC(Cl)c1noc(-c2ccc(CC)cc2)n1. The minimum Gasteiger partial charge on any atom is -0.334 e. The van der Waals surface area contributed by atoms with Gasteiger partial charge in [-0.2, -0.15) is 4.98 Å². The maximum Gasteiger partial charge on any atom is 0.257 e. The van der Waals surface area contributed by atoms with Crippen molar-refractivity contribution < 1.29 is 4.52 Å². The van der Waals surface area contributed by atoms with Gasteiger partial charge in [0.1, 0.15) is 0 Å². The number of rotatable bonds is 5. The van der Waals surface area contributed by atoms with Gasteiger partial charge in [0.25, 0.3) is 5.89 Å². The lowest BCUT2D eigenvalue weighted by Crippen LogP contribution is -1.92. The van der Waals surface area contributed by atoms with Gasteiger partial charge in [-0.1, -0.05) is 37.6 Å². The predicted octanol–water partition coefficient (Wildman–Crippen LogP) is 4.38. The third-order valence-electron chi connectivity index (χ3n) is 2.87. The van der Waals surface area contributed by atoms with Crippen LogP contribution in [0.3, 0.4) is 0 Å². The summed E-state index contributed by atoms with van der Waals surface area (Å²) in [6.45, 7) is 4.21. The summed E-state index contributed by atoms with van der Waals surface area (Å²) in [7, 11) is 0. The van der Waals surface area contributed by atoms with Gasteiger partial charge in [-0.25, -0.2) is 0 Å². The Balaban J connectivity index is 2.18. The van der Waals surface area contributed by atoms with Crippen LogP contribution < -0.4 is 0 Å².